The van der Waals surface area contributed by atoms with Crippen molar-refractivity contribution in [3.63, 3.8) is 0 Å². The van der Waals surface area contributed by atoms with E-state index in [4.69, 9.17) is 14.2 Å². The first-order valence-electron chi connectivity index (χ1n) is 10.0. The van der Waals surface area contributed by atoms with Crippen molar-refractivity contribution in [1.29, 1.82) is 0 Å². The molecule has 0 radical (unpaired) electrons. The van der Waals surface area contributed by atoms with E-state index in [0.29, 0.717) is 0 Å². The number of esters is 1. The second-order valence-corrected chi connectivity index (χ2v) is 8.54. The topological polar surface area (TPSA) is 119 Å². The van der Waals surface area contributed by atoms with Crippen LogP contribution < -0.4 is 0 Å². The Morgan fingerprint density at radius 3 is 2.29 bits per heavy atom. The maximum atomic E-state index is 12.7. The predicted octanol–water partition coefficient (Wildman–Crippen LogP) is 2.62. The van der Waals surface area contributed by atoms with Crippen LogP contribution in [-0.4, -0.2) is 58.3 Å². The van der Waals surface area contributed by atoms with Crippen molar-refractivity contribution in [2.24, 2.45) is 11.8 Å². The molecule has 1 aromatic carbocycles. The Balaban J connectivity index is 2.02. The molecule has 0 unspecified atom stereocenters. The fraction of sp³-hybridized carbons (Fsp3) is 0.545. The third-order valence-corrected chi connectivity index (χ3v) is 4.90. The Morgan fingerprint density at radius 2 is 1.74 bits per heavy atom. The fourth-order valence-corrected chi connectivity index (χ4v) is 3.47. The summed E-state index contributed by atoms with van der Waals surface area (Å²) in [5.74, 6) is -4.13. The van der Waals surface area contributed by atoms with Gasteiger partial charge in [-0.2, -0.15) is 0 Å². The normalized spacial score (nSPS) is 20.3. The van der Waals surface area contributed by atoms with E-state index in [2.05, 4.69) is 0 Å². The second kappa shape index (κ2) is 9.80. The van der Waals surface area contributed by atoms with Crippen LogP contribution in [0.1, 0.15) is 40.2 Å². The van der Waals surface area contributed by atoms with E-state index in [9.17, 15) is 24.3 Å². The molecule has 1 aromatic rings. The predicted molar refractivity (Wildman–Crippen MR) is 109 cm³/mol. The maximum Gasteiger partial charge on any atom is 0.508 e. The maximum absolute atomic E-state index is 12.7. The van der Waals surface area contributed by atoms with Crippen molar-refractivity contribution in [3.8, 4) is 0 Å². The SMILES string of the molecule is C[C@@H](OC(=O)OCc1ccccc1)[C@H]1C(=O)N(CC(=O)OC(C)(C)C)[C@@H]1[C@@H](C)C(=O)O. The molecule has 0 aromatic heterocycles. The van der Waals surface area contributed by atoms with Crippen LogP contribution in [0.2, 0.25) is 0 Å². The number of likely N-dealkylation sites (tertiary alicyclic amines) is 1. The fourth-order valence-electron chi connectivity index (χ4n) is 3.47. The summed E-state index contributed by atoms with van der Waals surface area (Å²) >= 11 is 0. The lowest BCUT2D eigenvalue weighted by atomic mass is 9.76. The van der Waals surface area contributed by atoms with Gasteiger partial charge >= 0.3 is 18.1 Å². The first kappa shape index (κ1) is 24.2. The highest BCUT2D eigenvalue weighted by Gasteiger charge is 2.55. The van der Waals surface area contributed by atoms with E-state index >= 15 is 0 Å². The minimum atomic E-state index is -1.13. The van der Waals surface area contributed by atoms with Crippen molar-refractivity contribution < 1.29 is 38.5 Å². The zero-order chi connectivity index (χ0) is 23.3. The molecule has 0 bridgehead atoms. The number of nitrogens with zero attached hydrogens (tertiary/aromatic N) is 1. The molecule has 170 valence electrons. The van der Waals surface area contributed by atoms with E-state index < -0.39 is 53.6 Å². The first-order chi connectivity index (χ1) is 14.4. The molecule has 1 aliphatic rings. The minimum absolute atomic E-state index is 0.00470. The summed E-state index contributed by atoms with van der Waals surface area (Å²) in [7, 11) is 0. The van der Waals surface area contributed by atoms with Gasteiger partial charge in [-0.05, 0) is 40.2 Å². The lowest BCUT2D eigenvalue weighted by Gasteiger charge is -2.50. The summed E-state index contributed by atoms with van der Waals surface area (Å²) < 4.78 is 15.5. The highest BCUT2D eigenvalue weighted by atomic mass is 16.7. The molecule has 1 amide bonds. The van der Waals surface area contributed by atoms with Crippen LogP contribution in [0.25, 0.3) is 0 Å². The Hall–Kier alpha value is -3.10. The number of ether oxygens (including phenoxy) is 3. The molecule has 0 aliphatic carbocycles. The number of carbonyl (C=O) groups excluding carboxylic acids is 3. The molecular formula is C22H29NO8. The van der Waals surface area contributed by atoms with Crippen LogP contribution in [-0.2, 0) is 35.2 Å². The van der Waals surface area contributed by atoms with Gasteiger partial charge in [0.25, 0.3) is 0 Å². The Kier molecular flexibility index (Phi) is 7.65. The number of aliphatic carboxylic acids is 1. The zero-order valence-electron chi connectivity index (χ0n) is 18.4. The lowest BCUT2D eigenvalue weighted by Crippen LogP contribution is -2.68. The van der Waals surface area contributed by atoms with Crippen LogP contribution in [0.4, 0.5) is 4.79 Å². The van der Waals surface area contributed by atoms with Gasteiger partial charge in [-0.15, -0.1) is 0 Å². The highest BCUT2D eigenvalue weighted by Crippen LogP contribution is 2.36. The summed E-state index contributed by atoms with van der Waals surface area (Å²) in [6.45, 7) is 7.65. The van der Waals surface area contributed by atoms with Gasteiger partial charge in [-0.25, -0.2) is 4.79 Å². The third-order valence-electron chi connectivity index (χ3n) is 4.90. The molecule has 1 fully saturated rings. The van der Waals surface area contributed by atoms with Gasteiger partial charge in [0, 0.05) is 0 Å². The summed E-state index contributed by atoms with van der Waals surface area (Å²) in [4.78, 5) is 49.6. The van der Waals surface area contributed by atoms with Crippen LogP contribution in [0.3, 0.4) is 0 Å². The Labute approximate surface area is 181 Å². The van der Waals surface area contributed by atoms with Gasteiger partial charge in [0.1, 0.15) is 24.9 Å². The van der Waals surface area contributed by atoms with Crippen LogP contribution in [0, 0.1) is 11.8 Å². The number of hydrogen-bond acceptors (Lipinski definition) is 7. The number of amides is 1. The summed E-state index contributed by atoms with van der Waals surface area (Å²) in [5.41, 5.74) is 0.0322. The van der Waals surface area contributed by atoms with E-state index in [1.165, 1.54) is 13.8 Å². The molecule has 0 spiro atoms. The Bertz CT molecular complexity index is 817. The van der Waals surface area contributed by atoms with Crippen LogP contribution in [0.5, 0.6) is 0 Å². The van der Waals surface area contributed by atoms with Crippen molar-refractivity contribution in [1.82, 2.24) is 4.90 Å². The number of benzene rings is 1. The molecule has 4 atom stereocenters. The zero-order valence-corrected chi connectivity index (χ0v) is 18.4. The van der Waals surface area contributed by atoms with E-state index in [1.54, 1.807) is 45.0 Å². The number of hydrogen-bond donors (Lipinski definition) is 1. The van der Waals surface area contributed by atoms with Crippen molar-refractivity contribution in [2.45, 2.75) is 59.0 Å². The van der Waals surface area contributed by atoms with Crippen LogP contribution in [0.15, 0.2) is 30.3 Å². The molecule has 1 N–H and O–H groups in total. The molecule has 9 nitrogen and oxygen atoms in total. The smallest absolute Gasteiger partial charge is 0.481 e. The monoisotopic (exact) mass is 435 g/mol. The third kappa shape index (κ3) is 6.44. The van der Waals surface area contributed by atoms with Gasteiger partial charge in [0.2, 0.25) is 5.91 Å². The molecule has 1 heterocycles. The molecule has 1 saturated heterocycles. The number of carbonyl (C=O) groups is 4. The molecule has 0 saturated carbocycles. The minimum Gasteiger partial charge on any atom is -0.481 e. The molecule has 9 heteroatoms. The van der Waals surface area contributed by atoms with Crippen molar-refractivity contribution in [3.05, 3.63) is 35.9 Å². The number of carboxylic acids is 1. The van der Waals surface area contributed by atoms with Gasteiger partial charge in [0.15, 0.2) is 0 Å². The van der Waals surface area contributed by atoms with E-state index in [-0.39, 0.29) is 13.2 Å². The van der Waals surface area contributed by atoms with Gasteiger partial charge in [-0.1, -0.05) is 30.3 Å². The summed E-state index contributed by atoms with van der Waals surface area (Å²) in [6.07, 6.45) is -1.89. The molecular weight excluding hydrogens is 406 g/mol. The average molecular weight is 435 g/mol. The average Bonchev–Trinajstić information content (AvgIpc) is 2.67. The number of rotatable bonds is 8. The Morgan fingerprint density at radius 1 is 1.13 bits per heavy atom. The molecule has 1 aliphatic heterocycles. The quantitative estimate of drug-likeness (QED) is 0.489. The summed E-state index contributed by atoms with van der Waals surface area (Å²) in [6, 6.07) is 8.18. The summed E-state index contributed by atoms with van der Waals surface area (Å²) in [5, 5.41) is 9.45. The standard InChI is InChI=1S/C22H29NO8/c1-13(20(26)27)18-17(19(25)23(18)11-16(24)31-22(3,4)5)14(2)30-21(28)29-12-15-9-7-6-8-10-15/h6-10,13-14,17-18H,11-12H2,1-5H3,(H,26,27)/t13-,14-,17-,18-/m1/s1. The molecule has 31 heavy (non-hydrogen) atoms. The number of β-lactam (4-membered cyclic amide) rings is 1. The lowest BCUT2D eigenvalue weighted by molar-refractivity contribution is -0.182. The van der Waals surface area contributed by atoms with Gasteiger partial charge in [-0.3, -0.25) is 14.4 Å². The van der Waals surface area contributed by atoms with Gasteiger partial charge < -0.3 is 24.2 Å². The van der Waals surface area contributed by atoms with E-state index in [0.717, 1.165) is 10.5 Å². The highest BCUT2D eigenvalue weighted by molar-refractivity contribution is 5.92. The van der Waals surface area contributed by atoms with E-state index in [1.807, 2.05) is 6.07 Å². The largest absolute Gasteiger partial charge is 0.508 e. The van der Waals surface area contributed by atoms with Gasteiger partial charge in [0.05, 0.1) is 17.9 Å². The van der Waals surface area contributed by atoms with Crippen molar-refractivity contribution in [2.75, 3.05) is 6.54 Å². The van der Waals surface area contributed by atoms with Crippen LogP contribution >= 0.6 is 0 Å². The second-order valence-electron chi connectivity index (χ2n) is 8.54. The first-order valence-corrected chi connectivity index (χ1v) is 10.0. The van der Waals surface area contributed by atoms with Crippen molar-refractivity contribution >= 4 is 24.0 Å². The molecule has 2 rings (SSSR count). The number of carboxylic acid groups (broad SMARTS) is 1.